The third kappa shape index (κ3) is 3.75. The van der Waals surface area contributed by atoms with Crippen molar-refractivity contribution in [2.24, 2.45) is 0 Å². The molecule has 7 heteroatoms. The zero-order chi connectivity index (χ0) is 16.9. The Kier molecular flexibility index (Phi) is 4.81. The molecule has 6 nitrogen and oxygen atoms in total. The summed E-state index contributed by atoms with van der Waals surface area (Å²) < 4.78 is 4.67. The van der Waals surface area contributed by atoms with E-state index in [0.29, 0.717) is 11.3 Å². The van der Waals surface area contributed by atoms with E-state index in [1.165, 1.54) is 18.9 Å². The maximum absolute atomic E-state index is 12.1. The lowest BCUT2D eigenvalue weighted by atomic mass is 10.2. The van der Waals surface area contributed by atoms with Gasteiger partial charge in [-0.1, -0.05) is 18.2 Å². The van der Waals surface area contributed by atoms with Gasteiger partial charge in [0.1, 0.15) is 0 Å². The molecule has 1 amide bonds. The van der Waals surface area contributed by atoms with E-state index in [2.05, 4.69) is 20.0 Å². The summed E-state index contributed by atoms with van der Waals surface area (Å²) in [6, 6.07) is 14.5. The minimum Gasteiger partial charge on any atom is -0.465 e. The van der Waals surface area contributed by atoms with E-state index in [4.69, 9.17) is 0 Å². The van der Waals surface area contributed by atoms with Crippen LogP contribution in [0.2, 0.25) is 0 Å². The van der Waals surface area contributed by atoms with Crippen LogP contribution < -0.4 is 10.3 Å². The van der Waals surface area contributed by atoms with Gasteiger partial charge in [0.2, 0.25) is 5.91 Å². The van der Waals surface area contributed by atoms with Crippen LogP contribution in [-0.4, -0.2) is 29.7 Å². The Morgan fingerprint density at radius 1 is 1.21 bits per heavy atom. The molecule has 0 saturated carbocycles. The third-order valence-electron chi connectivity index (χ3n) is 3.34. The molecule has 0 aliphatic heterocycles. The molecule has 0 saturated heterocycles. The first-order valence-electron chi connectivity index (χ1n) is 7.27. The number of H-pyrrole nitrogens is 2. The molecule has 2 aromatic carbocycles. The second kappa shape index (κ2) is 7.18. The number of imidazole rings is 1. The van der Waals surface area contributed by atoms with Crippen molar-refractivity contribution >= 4 is 40.4 Å². The Hall–Kier alpha value is -2.80. The summed E-state index contributed by atoms with van der Waals surface area (Å²) in [6.07, 6.45) is 0. The summed E-state index contributed by atoms with van der Waals surface area (Å²) in [6.45, 7) is 0. The van der Waals surface area contributed by atoms with Crippen molar-refractivity contribution in [1.29, 1.82) is 0 Å². The standard InChI is InChI=1S/C17H15N3O3S/c1-23-16(22)11-5-4-6-12(9-11)18-15(21)10-24-17-19-13-7-2-3-8-14(13)20-17/h2-9H,10H2,1H3,(H,18,21)(H,19,20)/p+1. The summed E-state index contributed by atoms with van der Waals surface area (Å²) in [4.78, 5) is 30.0. The van der Waals surface area contributed by atoms with Crippen LogP contribution in [0, 0.1) is 0 Å². The Labute approximate surface area is 142 Å². The van der Waals surface area contributed by atoms with E-state index in [0.717, 1.165) is 16.2 Å². The van der Waals surface area contributed by atoms with E-state index >= 15 is 0 Å². The largest absolute Gasteiger partial charge is 0.465 e. The van der Waals surface area contributed by atoms with Crippen molar-refractivity contribution in [3.05, 3.63) is 54.1 Å². The number of fused-ring (bicyclic) bond motifs is 1. The van der Waals surface area contributed by atoms with E-state index < -0.39 is 5.97 Å². The van der Waals surface area contributed by atoms with Crippen molar-refractivity contribution < 1.29 is 19.3 Å². The third-order valence-corrected chi connectivity index (χ3v) is 4.24. The van der Waals surface area contributed by atoms with Crippen LogP contribution in [0.4, 0.5) is 5.69 Å². The van der Waals surface area contributed by atoms with Crippen LogP contribution >= 0.6 is 11.8 Å². The number of carbonyl (C=O) groups is 2. The zero-order valence-electron chi connectivity index (χ0n) is 13.0. The minimum absolute atomic E-state index is 0.158. The van der Waals surface area contributed by atoms with E-state index in [-0.39, 0.29) is 11.7 Å². The van der Waals surface area contributed by atoms with Crippen LogP contribution in [0.15, 0.2) is 53.7 Å². The first kappa shape index (κ1) is 16.1. The van der Waals surface area contributed by atoms with Crippen molar-refractivity contribution in [3.63, 3.8) is 0 Å². The molecular weight excluding hydrogens is 326 g/mol. The summed E-state index contributed by atoms with van der Waals surface area (Å²) in [5.74, 6) is -0.353. The number of aromatic nitrogens is 2. The molecule has 3 N–H and O–H groups in total. The van der Waals surface area contributed by atoms with Gasteiger partial charge in [-0.05, 0) is 42.1 Å². The summed E-state index contributed by atoms with van der Waals surface area (Å²) in [7, 11) is 1.32. The lowest BCUT2D eigenvalue weighted by molar-refractivity contribution is -0.396. The molecule has 0 unspecified atom stereocenters. The molecule has 0 radical (unpaired) electrons. The number of esters is 1. The number of amides is 1. The van der Waals surface area contributed by atoms with Gasteiger partial charge in [-0.25, -0.2) is 14.8 Å². The second-order valence-electron chi connectivity index (χ2n) is 5.03. The smallest absolute Gasteiger partial charge is 0.337 e. The maximum atomic E-state index is 12.1. The predicted molar refractivity (Wildman–Crippen MR) is 92.0 cm³/mol. The van der Waals surface area contributed by atoms with Gasteiger partial charge < -0.3 is 10.1 Å². The number of hydrogen-bond donors (Lipinski definition) is 2. The van der Waals surface area contributed by atoms with Gasteiger partial charge >= 0.3 is 11.1 Å². The monoisotopic (exact) mass is 342 g/mol. The molecule has 0 aliphatic carbocycles. The highest BCUT2D eigenvalue weighted by Crippen LogP contribution is 2.16. The number of rotatable bonds is 5. The van der Waals surface area contributed by atoms with Gasteiger partial charge in [0.05, 0.1) is 18.4 Å². The summed E-state index contributed by atoms with van der Waals surface area (Å²) >= 11 is 1.37. The Morgan fingerprint density at radius 3 is 2.83 bits per heavy atom. The molecule has 3 aromatic rings. The average Bonchev–Trinajstić information content (AvgIpc) is 3.02. The van der Waals surface area contributed by atoms with Crippen LogP contribution in [0.3, 0.4) is 0 Å². The van der Waals surface area contributed by atoms with Gasteiger partial charge in [-0.3, -0.25) is 4.79 Å². The lowest BCUT2D eigenvalue weighted by Crippen LogP contribution is -2.15. The fourth-order valence-corrected chi connectivity index (χ4v) is 2.94. The number of carbonyl (C=O) groups excluding carboxylic acids is 2. The first-order chi connectivity index (χ1) is 11.7. The van der Waals surface area contributed by atoms with Gasteiger partial charge in [0, 0.05) is 5.69 Å². The molecule has 0 fully saturated rings. The lowest BCUT2D eigenvalue weighted by Gasteiger charge is -2.05. The number of nitrogens with one attached hydrogen (secondary N) is 3. The maximum Gasteiger partial charge on any atom is 0.337 e. The number of para-hydroxylation sites is 2. The molecule has 0 bridgehead atoms. The number of benzene rings is 2. The summed E-state index contributed by atoms with van der Waals surface area (Å²) in [5, 5.41) is 3.58. The van der Waals surface area contributed by atoms with Crippen LogP contribution in [-0.2, 0) is 9.53 Å². The Morgan fingerprint density at radius 2 is 2.04 bits per heavy atom. The fraction of sp³-hybridized carbons (Fsp3) is 0.118. The molecule has 0 aliphatic rings. The quantitative estimate of drug-likeness (QED) is 0.551. The molecule has 3 rings (SSSR count). The van der Waals surface area contributed by atoms with E-state index in [1.807, 2.05) is 24.3 Å². The molecule has 122 valence electrons. The Balaban J connectivity index is 1.60. The van der Waals surface area contributed by atoms with Crippen LogP contribution in [0.5, 0.6) is 0 Å². The highest BCUT2D eigenvalue weighted by Gasteiger charge is 2.13. The number of methoxy groups -OCH3 is 1. The molecule has 1 heterocycles. The Bertz CT molecular complexity index is 858. The average molecular weight is 342 g/mol. The van der Waals surface area contributed by atoms with Crippen LogP contribution in [0.1, 0.15) is 10.4 Å². The zero-order valence-corrected chi connectivity index (χ0v) is 13.8. The number of hydrogen-bond acceptors (Lipinski definition) is 4. The number of thioether (sulfide) groups is 1. The predicted octanol–water partition coefficient (Wildman–Crippen LogP) is 2.50. The van der Waals surface area contributed by atoms with E-state index in [1.54, 1.807) is 24.3 Å². The molecular formula is C17H16N3O3S+. The van der Waals surface area contributed by atoms with Gasteiger partial charge in [-0.15, -0.1) is 0 Å². The van der Waals surface area contributed by atoms with Gasteiger partial charge in [-0.2, -0.15) is 0 Å². The van der Waals surface area contributed by atoms with Crippen molar-refractivity contribution in [1.82, 2.24) is 4.98 Å². The van der Waals surface area contributed by atoms with Crippen molar-refractivity contribution in [3.8, 4) is 0 Å². The minimum atomic E-state index is -0.437. The normalized spacial score (nSPS) is 10.5. The number of ether oxygens (including phenoxy) is 1. The molecule has 0 spiro atoms. The second-order valence-corrected chi connectivity index (χ2v) is 6.02. The highest BCUT2D eigenvalue weighted by molar-refractivity contribution is 7.99. The number of anilines is 1. The molecule has 1 aromatic heterocycles. The topological polar surface area (TPSA) is 85.3 Å². The SMILES string of the molecule is COC(=O)c1cccc(NC(=O)CSc2[nH]c3ccccc3[nH+]2)c1. The number of aromatic amines is 2. The highest BCUT2D eigenvalue weighted by atomic mass is 32.2. The molecule has 24 heavy (non-hydrogen) atoms. The summed E-state index contributed by atoms with van der Waals surface area (Å²) in [5.41, 5.74) is 2.94. The first-order valence-corrected chi connectivity index (χ1v) is 8.25. The van der Waals surface area contributed by atoms with Crippen molar-refractivity contribution in [2.45, 2.75) is 5.16 Å². The van der Waals surface area contributed by atoms with Gasteiger partial charge in [0.15, 0.2) is 11.0 Å². The van der Waals surface area contributed by atoms with E-state index in [9.17, 15) is 9.59 Å². The van der Waals surface area contributed by atoms with Crippen molar-refractivity contribution in [2.75, 3.05) is 18.2 Å². The molecule has 0 atom stereocenters. The fourth-order valence-electron chi connectivity index (χ4n) is 2.23. The van der Waals surface area contributed by atoms with Crippen LogP contribution in [0.25, 0.3) is 11.0 Å². The van der Waals surface area contributed by atoms with Gasteiger partial charge in [0.25, 0.3) is 0 Å².